The van der Waals surface area contributed by atoms with Crippen molar-refractivity contribution in [2.45, 2.75) is 0 Å². The van der Waals surface area contributed by atoms with Crippen molar-refractivity contribution in [2.24, 2.45) is 0 Å². The Morgan fingerprint density at radius 3 is 1.17 bits per heavy atom. The van der Waals surface area contributed by atoms with E-state index in [1.165, 1.54) is 0 Å². The van der Waals surface area contributed by atoms with Crippen LogP contribution in [0.3, 0.4) is 0 Å². The molecule has 0 amide bonds. The van der Waals surface area contributed by atoms with Crippen LogP contribution in [0.5, 0.6) is 0 Å². The van der Waals surface area contributed by atoms with E-state index in [1.54, 1.807) is 0 Å². The minimum absolute atomic E-state index is 0.380. The molecule has 6 heavy (non-hydrogen) atoms. The molecule has 0 N–H and O–H groups in total. The SMILES string of the molecule is CP(C)C.[Cl][Pd]. The van der Waals surface area contributed by atoms with Crippen molar-refractivity contribution in [2.75, 3.05) is 20.0 Å². The van der Waals surface area contributed by atoms with Gasteiger partial charge in [-0.3, -0.25) is 0 Å². The van der Waals surface area contributed by atoms with E-state index in [0.29, 0.717) is 7.92 Å². The fourth-order valence-corrected chi connectivity index (χ4v) is 0. The minimum atomic E-state index is 0.380. The number of hydrogen-bond donors (Lipinski definition) is 0. The van der Waals surface area contributed by atoms with Crippen molar-refractivity contribution in [3.8, 4) is 0 Å². The second-order valence-corrected chi connectivity index (χ2v) is 4.02. The van der Waals surface area contributed by atoms with Crippen LogP contribution in [0, 0.1) is 0 Å². The van der Waals surface area contributed by atoms with Gasteiger partial charge in [0, 0.05) is 0 Å². The Balaban J connectivity index is 0. The van der Waals surface area contributed by atoms with Crippen LogP contribution in [0.25, 0.3) is 0 Å². The summed E-state index contributed by atoms with van der Waals surface area (Å²) >= 11 is 2.22. The van der Waals surface area contributed by atoms with E-state index < -0.39 is 0 Å². The van der Waals surface area contributed by atoms with Gasteiger partial charge in [0.2, 0.25) is 0 Å². The average Bonchev–Trinajstić information content (AvgIpc) is 1.41. The molecule has 0 aliphatic rings. The van der Waals surface area contributed by atoms with E-state index in [4.69, 9.17) is 0 Å². The summed E-state index contributed by atoms with van der Waals surface area (Å²) in [5, 5.41) is 0. The zero-order valence-corrected chi connectivity index (χ0v) is 7.35. The van der Waals surface area contributed by atoms with Gasteiger partial charge < -0.3 is 0 Å². The quantitative estimate of drug-likeness (QED) is 0.431. The molecule has 0 aromatic heterocycles. The molecule has 0 atom stereocenters. The zero-order valence-electron chi connectivity index (χ0n) is 4.14. The molecule has 0 nitrogen and oxygen atoms in total. The third kappa shape index (κ3) is 54.1. The first-order valence-electron chi connectivity index (χ1n) is 1.46. The zero-order chi connectivity index (χ0) is 5.58. The van der Waals surface area contributed by atoms with E-state index in [9.17, 15) is 0 Å². The van der Waals surface area contributed by atoms with Crippen LogP contribution in [-0.4, -0.2) is 20.0 Å². The third-order valence-corrected chi connectivity index (χ3v) is 0. The maximum atomic E-state index is 4.49. The molecule has 0 saturated heterocycles. The molecular weight excluding hydrogens is 209 g/mol. The van der Waals surface area contributed by atoms with Crippen molar-refractivity contribution >= 4 is 17.5 Å². The van der Waals surface area contributed by atoms with Crippen LogP contribution in [0.1, 0.15) is 0 Å². The second kappa shape index (κ2) is 9.63. The molecule has 0 aliphatic carbocycles. The van der Waals surface area contributed by atoms with E-state index in [1.807, 2.05) is 0 Å². The van der Waals surface area contributed by atoms with Crippen molar-refractivity contribution < 1.29 is 18.2 Å². The van der Waals surface area contributed by atoms with Crippen LogP contribution < -0.4 is 0 Å². The Bertz CT molecular complexity index is 15.5. The van der Waals surface area contributed by atoms with Gasteiger partial charge in [0.25, 0.3) is 0 Å². The van der Waals surface area contributed by atoms with Gasteiger partial charge >= 0.3 is 27.7 Å². The van der Waals surface area contributed by atoms with E-state index >= 15 is 0 Å². The van der Waals surface area contributed by atoms with E-state index in [0.717, 1.165) is 0 Å². The molecule has 0 unspecified atom stereocenters. The van der Waals surface area contributed by atoms with Gasteiger partial charge in [0.1, 0.15) is 0 Å². The topological polar surface area (TPSA) is 0 Å². The molecule has 0 spiro atoms. The van der Waals surface area contributed by atoms with Crippen LogP contribution in [0.4, 0.5) is 0 Å². The number of rotatable bonds is 0. The van der Waals surface area contributed by atoms with Gasteiger partial charge in [-0.05, 0) is 20.0 Å². The molecule has 0 bridgehead atoms. The van der Waals surface area contributed by atoms with Crippen molar-refractivity contribution in [1.29, 1.82) is 0 Å². The summed E-state index contributed by atoms with van der Waals surface area (Å²) in [6, 6.07) is 0. The fourth-order valence-electron chi connectivity index (χ4n) is 0. The monoisotopic (exact) mass is 217 g/mol. The standard InChI is InChI=1S/C3H9P.ClH.Pd/c1-4(2)3;;/h1-3H3;1H;/q;;+1/p-1. The summed E-state index contributed by atoms with van der Waals surface area (Å²) in [6.07, 6.45) is 0. The Morgan fingerprint density at radius 2 is 1.17 bits per heavy atom. The summed E-state index contributed by atoms with van der Waals surface area (Å²) in [6.45, 7) is 6.69. The molecule has 0 aliphatic heterocycles. The Hall–Kier alpha value is 1.38. The summed E-state index contributed by atoms with van der Waals surface area (Å²) in [5.41, 5.74) is 0. The molecule has 0 radical (unpaired) electrons. The van der Waals surface area contributed by atoms with Gasteiger partial charge in [-0.25, -0.2) is 0 Å². The first-order valence-corrected chi connectivity index (χ1v) is 6.15. The first-order chi connectivity index (χ1) is 2.73. The van der Waals surface area contributed by atoms with Crippen LogP contribution in [-0.2, 0) is 18.2 Å². The van der Waals surface area contributed by atoms with Crippen LogP contribution in [0.2, 0.25) is 0 Å². The predicted octanol–water partition coefficient (Wildman–Crippen LogP) is 2.04. The normalized spacial score (nSPS) is 7.17. The molecule has 0 heterocycles. The predicted molar refractivity (Wildman–Crippen MR) is 30.5 cm³/mol. The summed E-state index contributed by atoms with van der Waals surface area (Å²) in [5.74, 6) is 0. The maximum absolute atomic E-state index is 4.49. The fraction of sp³-hybridized carbons (Fsp3) is 1.00. The Labute approximate surface area is 55.8 Å². The second-order valence-electron chi connectivity index (χ2n) is 1.34. The molecule has 0 saturated carbocycles. The molecular formula is C3H9ClPPd. The van der Waals surface area contributed by atoms with Crippen molar-refractivity contribution in [3.63, 3.8) is 0 Å². The summed E-state index contributed by atoms with van der Waals surface area (Å²) < 4.78 is 0. The molecule has 3 heteroatoms. The Kier molecular flexibility index (Phi) is 16.7. The summed E-state index contributed by atoms with van der Waals surface area (Å²) in [4.78, 5) is 0. The van der Waals surface area contributed by atoms with E-state index in [2.05, 4.69) is 47.7 Å². The van der Waals surface area contributed by atoms with E-state index in [-0.39, 0.29) is 0 Å². The third-order valence-electron chi connectivity index (χ3n) is 0. The van der Waals surface area contributed by atoms with Crippen molar-refractivity contribution in [3.05, 3.63) is 0 Å². The van der Waals surface area contributed by atoms with Gasteiger partial charge in [-0.1, -0.05) is 0 Å². The molecule has 0 aromatic rings. The van der Waals surface area contributed by atoms with Crippen LogP contribution >= 0.6 is 17.5 Å². The van der Waals surface area contributed by atoms with Crippen LogP contribution in [0.15, 0.2) is 0 Å². The molecule has 0 rings (SSSR count). The summed E-state index contributed by atoms with van der Waals surface area (Å²) in [7, 11) is 4.87. The first kappa shape index (κ1) is 10.4. The molecule has 0 aromatic carbocycles. The van der Waals surface area contributed by atoms with Gasteiger partial charge in [-0.15, -0.1) is 7.92 Å². The number of hydrogen-bond acceptors (Lipinski definition) is 0. The van der Waals surface area contributed by atoms with Gasteiger partial charge in [0.05, 0.1) is 0 Å². The van der Waals surface area contributed by atoms with Gasteiger partial charge in [-0.2, -0.15) is 0 Å². The average molecular weight is 218 g/mol. The molecule has 0 fully saturated rings. The van der Waals surface area contributed by atoms with Gasteiger partial charge in [0.15, 0.2) is 0 Å². The Morgan fingerprint density at radius 1 is 1.17 bits per heavy atom. The number of halogens is 1. The van der Waals surface area contributed by atoms with Crippen molar-refractivity contribution in [1.82, 2.24) is 0 Å². The molecule has 43 valence electrons.